The molecule has 8 aromatic carbocycles. The Labute approximate surface area is 325 Å². The van der Waals surface area contributed by atoms with Crippen molar-refractivity contribution in [2.45, 2.75) is 0 Å². The first-order chi connectivity index (χ1) is 28.2. The fourth-order valence-electron chi connectivity index (χ4n) is 8.33. The van der Waals surface area contributed by atoms with E-state index in [1.165, 1.54) is 10.8 Å². The van der Waals surface area contributed by atoms with Crippen LogP contribution in [0.2, 0.25) is 0 Å². The molecule has 0 aliphatic rings. The van der Waals surface area contributed by atoms with Crippen LogP contribution in [0.1, 0.15) is 0 Å². The lowest BCUT2D eigenvalue weighted by molar-refractivity contribution is 0.668. The van der Waals surface area contributed by atoms with Gasteiger partial charge in [0.05, 0.1) is 11.0 Å². The summed E-state index contributed by atoms with van der Waals surface area (Å²) in [6, 6.07) is 62.7. The molecule has 4 aromatic heterocycles. The zero-order valence-corrected chi connectivity index (χ0v) is 30.4. The summed E-state index contributed by atoms with van der Waals surface area (Å²) in [7, 11) is 0. The highest BCUT2D eigenvalue weighted by atomic mass is 16.3. The van der Waals surface area contributed by atoms with E-state index in [9.17, 15) is 0 Å². The van der Waals surface area contributed by atoms with Gasteiger partial charge >= 0.3 is 0 Å². The lowest BCUT2D eigenvalue weighted by Gasteiger charge is -2.10. The first-order valence-corrected chi connectivity index (χ1v) is 19.0. The van der Waals surface area contributed by atoms with Crippen molar-refractivity contribution in [1.29, 1.82) is 0 Å². The molecule has 0 N–H and O–H groups in total. The van der Waals surface area contributed by atoms with Gasteiger partial charge in [0.1, 0.15) is 22.3 Å². The van der Waals surface area contributed by atoms with Crippen molar-refractivity contribution in [1.82, 2.24) is 19.5 Å². The minimum atomic E-state index is 0.565. The molecule has 4 heterocycles. The Morgan fingerprint density at radius 3 is 1.67 bits per heavy atom. The second-order valence-corrected chi connectivity index (χ2v) is 14.4. The van der Waals surface area contributed by atoms with Gasteiger partial charge in [-0.3, -0.25) is 0 Å². The minimum absolute atomic E-state index is 0.565. The van der Waals surface area contributed by atoms with Crippen LogP contribution >= 0.6 is 0 Å². The van der Waals surface area contributed by atoms with Crippen LogP contribution in [0.4, 0.5) is 0 Å². The predicted molar refractivity (Wildman–Crippen MR) is 230 cm³/mol. The number of benzene rings is 8. The molecule has 0 bridgehead atoms. The topological polar surface area (TPSA) is 69.9 Å². The summed E-state index contributed by atoms with van der Waals surface area (Å²) in [6.07, 6.45) is 0. The van der Waals surface area contributed by atoms with Gasteiger partial charge in [-0.25, -0.2) is 15.0 Å². The van der Waals surface area contributed by atoms with Gasteiger partial charge in [-0.15, -0.1) is 0 Å². The predicted octanol–water partition coefficient (Wildman–Crippen LogP) is 13.4. The maximum absolute atomic E-state index is 6.57. The van der Waals surface area contributed by atoms with Crippen LogP contribution < -0.4 is 0 Å². The van der Waals surface area contributed by atoms with Crippen LogP contribution in [0.3, 0.4) is 0 Å². The summed E-state index contributed by atoms with van der Waals surface area (Å²) >= 11 is 0. The molecule has 6 heteroatoms. The molecule has 266 valence electrons. The Bertz CT molecular complexity index is 3530. The van der Waals surface area contributed by atoms with E-state index in [1.807, 2.05) is 48.5 Å². The van der Waals surface area contributed by atoms with Gasteiger partial charge in [-0.2, -0.15) is 0 Å². The number of hydrogen-bond donors (Lipinski definition) is 0. The van der Waals surface area contributed by atoms with Crippen LogP contribution in [-0.4, -0.2) is 19.5 Å². The Kier molecular flexibility index (Phi) is 6.83. The molecule has 0 saturated carbocycles. The second-order valence-electron chi connectivity index (χ2n) is 14.4. The van der Waals surface area contributed by atoms with Gasteiger partial charge in [-0.1, -0.05) is 109 Å². The zero-order valence-electron chi connectivity index (χ0n) is 30.4. The van der Waals surface area contributed by atoms with Gasteiger partial charge in [0.25, 0.3) is 0 Å². The van der Waals surface area contributed by atoms with Gasteiger partial charge < -0.3 is 13.4 Å². The fourth-order valence-corrected chi connectivity index (χ4v) is 8.33. The maximum Gasteiger partial charge on any atom is 0.164 e. The second kappa shape index (κ2) is 12.3. The van der Waals surface area contributed by atoms with Crippen molar-refractivity contribution in [3.63, 3.8) is 0 Å². The Hall–Kier alpha value is -7.83. The molecule has 6 nitrogen and oxygen atoms in total. The van der Waals surface area contributed by atoms with Crippen LogP contribution in [0.25, 0.3) is 117 Å². The lowest BCUT2D eigenvalue weighted by Crippen LogP contribution is -2.00. The Morgan fingerprint density at radius 1 is 0.298 bits per heavy atom. The maximum atomic E-state index is 6.57. The minimum Gasteiger partial charge on any atom is -0.456 e. The summed E-state index contributed by atoms with van der Waals surface area (Å²) in [5.41, 5.74) is 11.4. The Balaban J connectivity index is 1.05. The van der Waals surface area contributed by atoms with E-state index in [2.05, 4.69) is 138 Å². The van der Waals surface area contributed by atoms with E-state index in [0.29, 0.717) is 17.5 Å². The molecule has 12 rings (SSSR count). The SMILES string of the molecule is c1ccc(-c2cccc(-c3nc(-c4ccc5c(c4)oc4ccccc45)nc(-c4ccc5oc6cc7c(cc6c5c4)c4ccccc4n7-c4ccccc4)n3)c2)cc1. The molecule has 0 atom stereocenters. The normalized spacial score (nSPS) is 11.9. The third-order valence-electron chi connectivity index (χ3n) is 11.0. The van der Waals surface area contributed by atoms with E-state index < -0.39 is 0 Å². The third-order valence-corrected chi connectivity index (χ3v) is 11.0. The molecule has 0 saturated heterocycles. The van der Waals surface area contributed by atoms with Crippen molar-refractivity contribution in [2.24, 2.45) is 0 Å². The highest BCUT2D eigenvalue weighted by Gasteiger charge is 2.19. The van der Waals surface area contributed by atoms with Crippen LogP contribution in [0.15, 0.2) is 191 Å². The number of fused-ring (bicyclic) bond motifs is 9. The van der Waals surface area contributed by atoms with Gasteiger partial charge in [0.15, 0.2) is 17.5 Å². The summed E-state index contributed by atoms with van der Waals surface area (Å²) in [5.74, 6) is 1.72. The van der Waals surface area contributed by atoms with Gasteiger partial charge in [-0.05, 0) is 77.9 Å². The number of aromatic nitrogens is 4. The van der Waals surface area contributed by atoms with Crippen LogP contribution in [0, 0.1) is 0 Å². The molecule has 0 spiro atoms. The summed E-state index contributed by atoms with van der Waals surface area (Å²) < 4.78 is 15.2. The van der Waals surface area contributed by atoms with Crippen molar-refractivity contribution in [3.05, 3.63) is 182 Å². The molecule has 12 aromatic rings. The smallest absolute Gasteiger partial charge is 0.164 e. The first kappa shape index (κ1) is 31.5. The highest BCUT2D eigenvalue weighted by Crippen LogP contribution is 2.40. The van der Waals surface area contributed by atoms with Crippen LogP contribution in [-0.2, 0) is 0 Å². The number of furan rings is 2. The first-order valence-electron chi connectivity index (χ1n) is 19.0. The van der Waals surface area contributed by atoms with E-state index in [-0.39, 0.29) is 0 Å². The standard InChI is InChI=1S/C51H30N4O2/c1-3-12-31(13-4-1)32-14-11-15-33(26-32)49-52-50(54-51(53-49)35-22-24-39-38-19-8-10-21-45(38)56-47(39)28-35)34-23-25-46-41(27-34)42-29-40-37-18-7-9-20-43(37)55(36-16-5-2-6-17-36)44(40)30-48(42)57-46/h1-30H. The highest BCUT2D eigenvalue weighted by molar-refractivity contribution is 6.17. The van der Waals surface area contributed by atoms with E-state index in [0.717, 1.165) is 88.4 Å². The molecule has 0 amide bonds. The van der Waals surface area contributed by atoms with Crippen molar-refractivity contribution in [3.8, 4) is 51.0 Å². The third kappa shape index (κ3) is 5.08. The van der Waals surface area contributed by atoms with Gasteiger partial charge in [0, 0.05) is 60.8 Å². The molecular weight excluding hydrogens is 701 g/mol. The molecule has 0 unspecified atom stereocenters. The molecule has 0 aliphatic heterocycles. The van der Waals surface area contributed by atoms with Gasteiger partial charge in [0.2, 0.25) is 0 Å². The summed E-state index contributed by atoms with van der Waals surface area (Å²) in [6.45, 7) is 0. The van der Waals surface area contributed by atoms with E-state index >= 15 is 0 Å². The van der Waals surface area contributed by atoms with Crippen molar-refractivity contribution >= 4 is 65.7 Å². The van der Waals surface area contributed by atoms with E-state index in [4.69, 9.17) is 23.8 Å². The van der Waals surface area contributed by atoms with Crippen molar-refractivity contribution < 1.29 is 8.83 Å². The average molecular weight is 731 g/mol. The van der Waals surface area contributed by atoms with E-state index in [1.54, 1.807) is 0 Å². The molecular formula is C51H30N4O2. The number of rotatable bonds is 5. The fraction of sp³-hybridized carbons (Fsp3) is 0. The quantitative estimate of drug-likeness (QED) is 0.176. The molecule has 57 heavy (non-hydrogen) atoms. The zero-order chi connectivity index (χ0) is 37.5. The molecule has 0 aliphatic carbocycles. The number of para-hydroxylation sites is 3. The molecule has 0 fully saturated rings. The number of nitrogens with zero attached hydrogens (tertiary/aromatic N) is 4. The van der Waals surface area contributed by atoms with Crippen LogP contribution in [0.5, 0.6) is 0 Å². The Morgan fingerprint density at radius 2 is 0.860 bits per heavy atom. The average Bonchev–Trinajstić information content (AvgIpc) is 3.94. The monoisotopic (exact) mass is 730 g/mol. The van der Waals surface area contributed by atoms with Crippen molar-refractivity contribution in [2.75, 3.05) is 0 Å². The molecule has 0 radical (unpaired) electrons. The summed E-state index contributed by atoms with van der Waals surface area (Å²) in [4.78, 5) is 15.4. The largest absolute Gasteiger partial charge is 0.456 e. The number of hydrogen-bond acceptors (Lipinski definition) is 5. The lowest BCUT2D eigenvalue weighted by atomic mass is 10.0. The summed E-state index contributed by atoms with van der Waals surface area (Å²) in [5, 5.41) is 6.53.